The zero-order valence-electron chi connectivity index (χ0n) is 26.7. The summed E-state index contributed by atoms with van der Waals surface area (Å²) in [4.78, 5) is 81.2. The molecule has 0 spiro atoms. The highest BCUT2D eigenvalue weighted by Gasteiger charge is 2.76. The molecule has 0 saturated heterocycles. The number of carbonyl (C=O) groups excluding carboxylic acids is 6. The van der Waals surface area contributed by atoms with Crippen LogP contribution in [0.15, 0.2) is 18.7 Å². The number of hydrogen-bond acceptors (Lipinski definition) is 9. The van der Waals surface area contributed by atoms with E-state index in [4.69, 9.17) is 4.74 Å². The highest BCUT2D eigenvalue weighted by molar-refractivity contribution is 6.32. The van der Waals surface area contributed by atoms with Gasteiger partial charge in [0, 0.05) is 17.8 Å². The third-order valence-electron chi connectivity index (χ3n) is 10.3. The average molecular weight is 609 g/mol. The van der Waals surface area contributed by atoms with Crippen LogP contribution < -0.4 is 0 Å². The van der Waals surface area contributed by atoms with E-state index in [0.717, 1.165) is 12.5 Å². The van der Waals surface area contributed by atoms with Gasteiger partial charge in [0.15, 0.2) is 28.7 Å². The summed E-state index contributed by atoms with van der Waals surface area (Å²) in [7, 11) is 0. The van der Waals surface area contributed by atoms with Gasteiger partial charge in [0.25, 0.3) is 0 Å². The Bertz CT molecular complexity index is 1470. The maximum atomic E-state index is 14.5. The van der Waals surface area contributed by atoms with Gasteiger partial charge in [0.1, 0.15) is 17.5 Å². The normalized spacial score (nSPS) is 31.5. The van der Waals surface area contributed by atoms with Crippen LogP contribution in [0, 0.1) is 34.5 Å². The number of phenolic OH excluding ortho intramolecular Hbond substituents is 1. The van der Waals surface area contributed by atoms with E-state index in [0.29, 0.717) is 17.5 Å². The number of aryl methyl sites for hydroxylation is 1. The summed E-state index contributed by atoms with van der Waals surface area (Å²) in [6.45, 7) is 15.6. The number of aromatic hydroxyl groups is 1. The van der Waals surface area contributed by atoms with Crippen LogP contribution in [0.3, 0.4) is 0 Å². The Morgan fingerprint density at radius 1 is 1.11 bits per heavy atom. The van der Waals surface area contributed by atoms with Gasteiger partial charge in [0.2, 0.25) is 0 Å². The van der Waals surface area contributed by atoms with E-state index in [1.165, 1.54) is 0 Å². The first-order valence-corrected chi connectivity index (χ1v) is 15.4. The molecule has 4 rings (SSSR count). The first kappa shape index (κ1) is 33.4. The molecule has 3 aliphatic rings. The molecule has 0 heterocycles. The minimum Gasteiger partial charge on any atom is -0.507 e. The average Bonchev–Trinajstić information content (AvgIpc) is 2.89. The molecule has 0 bridgehead atoms. The molecule has 0 radical (unpaired) electrons. The Balaban J connectivity index is 1.86. The topological polar surface area (TPSA) is 152 Å². The fourth-order valence-corrected chi connectivity index (χ4v) is 8.56. The zero-order chi connectivity index (χ0) is 33.1. The SMILES string of the molecule is C=CCCOC(=O)CCc1cc(C(C)C)c2c(c1O)C(=O)C1C(=O)[C@@]3(O)C(=O)C(C(C)=O)C(=O)C(C(C)C)[C@@]3(C)C[C@@]1(C)C2. The molecule has 6 atom stereocenters. The predicted molar refractivity (Wildman–Crippen MR) is 161 cm³/mol. The summed E-state index contributed by atoms with van der Waals surface area (Å²) >= 11 is 0. The van der Waals surface area contributed by atoms with Gasteiger partial charge >= 0.3 is 5.97 Å². The molecule has 2 saturated carbocycles. The van der Waals surface area contributed by atoms with Crippen LogP contribution in [0.1, 0.15) is 101 Å². The summed E-state index contributed by atoms with van der Waals surface area (Å²) in [5, 5.41) is 23.6. The lowest BCUT2D eigenvalue weighted by Gasteiger charge is -2.62. The number of rotatable bonds is 9. The molecule has 1 aromatic carbocycles. The molecule has 9 nitrogen and oxygen atoms in total. The van der Waals surface area contributed by atoms with Gasteiger partial charge in [-0.3, -0.25) is 28.8 Å². The fourth-order valence-electron chi connectivity index (χ4n) is 8.56. The molecule has 0 amide bonds. The van der Waals surface area contributed by atoms with Crippen molar-refractivity contribution >= 4 is 34.9 Å². The van der Waals surface area contributed by atoms with E-state index in [-0.39, 0.29) is 49.5 Å². The molecule has 1 aromatic rings. The van der Waals surface area contributed by atoms with Gasteiger partial charge in [-0.15, -0.1) is 6.58 Å². The van der Waals surface area contributed by atoms with Crippen molar-refractivity contribution in [3.63, 3.8) is 0 Å². The van der Waals surface area contributed by atoms with Crippen LogP contribution in [0.5, 0.6) is 5.75 Å². The number of ketones is 5. The van der Waals surface area contributed by atoms with Crippen molar-refractivity contribution in [2.45, 2.75) is 92.1 Å². The van der Waals surface area contributed by atoms with Crippen molar-refractivity contribution in [1.82, 2.24) is 0 Å². The number of aliphatic hydroxyl groups is 1. The van der Waals surface area contributed by atoms with E-state index in [9.17, 15) is 39.0 Å². The van der Waals surface area contributed by atoms with E-state index in [1.54, 1.807) is 39.8 Å². The van der Waals surface area contributed by atoms with Crippen molar-refractivity contribution in [2.24, 2.45) is 34.5 Å². The van der Waals surface area contributed by atoms with Crippen molar-refractivity contribution in [2.75, 3.05) is 6.61 Å². The maximum Gasteiger partial charge on any atom is 0.306 e. The lowest BCUT2D eigenvalue weighted by Crippen LogP contribution is -2.76. The third-order valence-corrected chi connectivity index (χ3v) is 10.3. The van der Waals surface area contributed by atoms with Crippen molar-refractivity contribution in [1.29, 1.82) is 0 Å². The molecular formula is C35H44O9. The summed E-state index contributed by atoms with van der Waals surface area (Å²) in [5.74, 6) is -9.83. The minimum absolute atomic E-state index is 0.000361. The highest BCUT2D eigenvalue weighted by Crippen LogP contribution is 2.64. The van der Waals surface area contributed by atoms with Crippen LogP contribution in [-0.4, -0.2) is 57.3 Å². The molecule has 2 N–H and O–H groups in total. The van der Waals surface area contributed by atoms with Crippen molar-refractivity contribution < 1.29 is 43.7 Å². The number of esters is 1. The monoisotopic (exact) mass is 608 g/mol. The number of carbonyl (C=O) groups is 6. The van der Waals surface area contributed by atoms with Crippen molar-refractivity contribution in [3.8, 4) is 5.75 Å². The van der Waals surface area contributed by atoms with Crippen molar-refractivity contribution in [3.05, 3.63) is 41.0 Å². The number of Topliss-reactive ketones (excluding diaryl/α,β-unsaturated/α-hetero) is 5. The Hall–Kier alpha value is -3.46. The van der Waals surface area contributed by atoms with E-state index in [1.807, 2.05) is 13.8 Å². The molecule has 3 unspecified atom stereocenters. The smallest absolute Gasteiger partial charge is 0.306 e. The predicted octanol–water partition coefficient (Wildman–Crippen LogP) is 4.27. The molecule has 44 heavy (non-hydrogen) atoms. The molecule has 3 aliphatic carbocycles. The van der Waals surface area contributed by atoms with Gasteiger partial charge in [-0.25, -0.2) is 0 Å². The summed E-state index contributed by atoms with van der Waals surface area (Å²) < 4.78 is 5.18. The van der Waals surface area contributed by atoms with E-state index in [2.05, 4.69) is 6.58 Å². The van der Waals surface area contributed by atoms with Gasteiger partial charge in [-0.1, -0.05) is 53.7 Å². The number of fused-ring (bicyclic) bond motifs is 3. The first-order chi connectivity index (χ1) is 20.4. The van der Waals surface area contributed by atoms with Gasteiger partial charge in [-0.2, -0.15) is 0 Å². The summed E-state index contributed by atoms with van der Waals surface area (Å²) in [5.41, 5.74) is -3.72. The van der Waals surface area contributed by atoms with Crippen LogP contribution in [0.2, 0.25) is 0 Å². The third kappa shape index (κ3) is 4.78. The van der Waals surface area contributed by atoms with Crippen LogP contribution in [0.25, 0.3) is 0 Å². The molecular weight excluding hydrogens is 564 g/mol. The second-order valence-electron chi connectivity index (χ2n) is 14.1. The summed E-state index contributed by atoms with van der Waals surface area (Å²) in [6.07, 6.45) is 2.37. The van der Waals surface area contributed by atoms with Crippen LogP contribution in [0.4, 0.5) is 0 Å². The van der Waals surface area contributed by atoms with Gasteiger partial charge in [-0.05, 0) is 66.5 Å². The molecule has 9 heteroatoms. The molecule has 238 valence electrons. The van der Waals surface area contributed by atoms with Crippen LogP contribution in [-0.2, 0) is 41.6 Å². The quantitative estimate of drug-likeness (QED) is 0.181. The largest absolute Gasteiger partial charge is 0.507 e. The molecule has 0 aliphatic heterocycles. The lowest BCUT2D eigenvalue weighted by molar-refractivity contribution is -0.205. The Kier molecular flexibility index (Phi) is 8.72. The second-order valence-corrected chi connectivity index (χ2v) is 14.1. The van der Waals surface area contributed by atoms with Gasteiger partial charge in [0.05, 0.1) is 18.1 Å². The Labute approximate surface area is 258 Å². The second kappa shape index (κ2) is 11.5. The standard InChI is InChI=1S/C35H44O9/c1-9-10-13-44-23(37)12-11-20-14-21(17(2)3)22-15-33(7)16-34(8)26(18(4)5)29(39)24(19(6)36)31(41)35(34,43)32(42)27(33)30(40)25(22)28(20)38/h9,14,17-18,24,26-27,38,43H,1,10-13,15-16H2,2-8H3/t24?,26?,27?,33-,34-,35+/m1/s1. The summed E-state index contributed by atoms with van der Waals surface area (Å²) in [6, 6.07) is 1.79. The number of ether oxygens (including phenoxy) is 1. The zero-order valence-corrected chi connectivity index (χ0v) is 26.7. The maximum absolute atomic E-state index is 14.5. The molecule has 0 aromatic heterocycles. The highest BCUT2D eigenvalue weighted by atomic mass is 16.5. The Morgan fingerprint density at radius 2 is 1.75 bits per heavy atom. The minimum atomic E-state index is -2.74. The number of hydrogen-bond donors (Lipinski definition) is 2. The fraction of sp³-hybridized carbons (Fsp3) is 0.600. The van der Waals surface area contributed by atoms with Crippen LogP contribution >= 0.6 is 0 Å². The van der Waals surface area contributed by atoms with E-state index < -0.39 is 75.0 Å². The Morgan fingerprint density at radius 3 is 2.30 bits per heavy atom. The van der Waals surface area contributed by atoms with Gasteiger partial charge < -0.3 is 14.9 Å². The molecule has 2 fully saturated rings. The lowest BCUT2D eigenvalue weighted by atomic mass is 9.39. The first-order valence-electron chi connectivity index (χ1n) is 15.4. The number of benzene rings is 1. The number of phenols is 1. The van der Waals surface area contributed by atoms with E-state index >= 15 is 0 Å².